The third-order valence-electron chi connectivity index (χ3n) is 4.01. The molecule has 6 heteroatoms. The van der Waals surface area contributed by atoms with Crippen molar-refractivity contribution in [3.63, 3.8) is 0 Å². The number of halogens is 1. The number of urea groups is 1. The van der Waals surface area contributed by atoms with Gasteiger partial charge < -0.3 is 15.1 Å². The van der Waals surface area contributed by atoms with Gasteiger partial charge in [-0.05, 0) is 30.3 Å². The van der Waals surface area contributed by atoms with E-state index in [-0.39, 0.29) is 11.8 Å². The third kappa shape index (κ3) is 3.46. The fourth-order valence-electron chi connectivity index (χ4n) is 2.76. The van der Waals surface area contributed by atoms with E-state index in [1.54, 1.807) is 23.1 Å². The molecule has 0 atom stereocenters. The summed E-state index contributed by atoms with van der Waals surface area (Å²) in [4.78, 5) is 16.1. The van der Waals surface area contributed by atoms with Crippen molar-refractivity contribution in [2.24, 2.45) is 0 Å². The molecule has 0 aliphatic carbocycles. The van der Waals surface area contributed by atoms with Gasteiger partial charge in [0.25, 0.3) is 0 Å². The number of amides is 2. The molecular weight excluding hydrogens is 307 g/mol. The smallest absolute Gasteiger partial charge is 0.321 e. The first-order valence-electron chi connectivity index (χ1n) is 7.73. The molecule has 24 heavy (non-hydrogen) atoms. The molecule has 122 valence electrons. The number of anilines is 2. The molecule has 0 spiro atoms. The first-order chi connectivity index (χ1) is 11.7. The number of hydrogen-bond acceptors (Lipinski definition) is 3. The third-order valence-corrected chi connectivity index (χ3v) is 4.01. The van der Waals surface area contributed by atoms with Gasteiger partial charge in [0, 0.05) is 31.9 Å². The molecule has 1 N–H and O–H groups in total. The van der Waals surface area contributed by atoms with E-state index in [2.05, 4.69) is 16.3 Å². The summed E-state index contributed by atoms with van der Waals surface area (Å²) in [7, 11) is 0. The summed E-state index contributed by atoms with van der Waals surface area (Å²) < 4.78 is 13.2. The maximum atomic E-state index is 13.2. The van der Waals surface area contributed by atoms with Gasteiger partial charge in [0.2, 0.25) is 0 Å². The molecule has 2 amide bonds. The fraction of sp³-hybridized carbons (Fsp3) is 0.222. The van der Waals surface area contributed by atoms with Gasteiger partial charge >= 0.3 is 6.03 Å². The summed E-state index contributed by atoms with van der Waals surface area (Å²) in [5, 5.41) is 11.9. The van der Waals surface area contributed by atoms with Crippen molar-refractivity contribution < 1.29 is 9.18 Å². The van der Waals surface area contributed by atoms with Crippen LogP contribution in [0.1, 0.15) is 5.56 Å². The molecule has 1 heterocycles. The van der Waals surface area contributed by atoms with Crippen LogP contribution in [0.2, 0.25) is 0 Å². The van der Waals surface area contributed by atoms with Crippen molar-refractivity contribution in [3.8, 4) is 6.07 Å². The van der Waals surface area contributed by atoms with Crippen molar-refractivity contribution in [1.29, 1.82) is 5.26 Å². The Morgan fingerprint density at radius 3 is 2.54 bits per heavy atom. The Hall–Kier alpha value is -3.07. The normalized spacial score (nSPS) is 14.2. The van der Waals surface area contributed by atoms with Crippen molar-refractivity contribution in [3.05, 3.63) is 59.9 Å². The van der Waals surface area contributed by atoms with Gasteiger partial charge in [0.15, 0.2) is 0 Å². The van der Waals surface area contributed by atoms with Crippen molar-refractivity contribution >= 4 is 17.4 Å². The molecule has 0 radical (unpaired) electrons. The molecule has 1 aliphatic heterocycles. The maximum Gasteiger partial charge on any atom is 0.321 e. The largest absolute Gasteiger partial charge is 0.367 e. The molecule has 2 aromatic carbocycles. The Bertz CT molecular complexity index is 779. The van der Waals surface area contributed by atoms with E-state index in [0.717, 1.165) is 5.69 Å². The molecule has 0 unspecified atom stereocenters. The predicted octanol–water partition coefficient (Wildman–Crippen LogP) is 3.05. The molecular formula is C18H17FN4O. The molecule has 1 saturated heterocycles. The number of piperazine rings is 1. The molecule has 0 bridgehead atoms. The predicted molar refractivity (Wildman–Crippen MR) is 90.4 cm³/mol. The number of nitrogens with one attached hydrogen (secondary N) is 1. The standard InChI is InChI=1S/C18H17FN4O/c19-15-5-3-6-16(12-15)21-18(24)23-10-8-22(9-11-23)17-7-2-1-4-14(17)13-20/h1-7,12H,8-11H2,(H,21,24). The van der Waals surface area contributed by atoms with Gasteiger partial charge in [-0.25, -0.2) is 9.18 Å². The number of hydrogen-bond donors (Lipinski definition) is 1. The molecule has 2 aromatic rings. The highest BCUT2D eigenvalue weighted by Gasteiger charge is 2.22. The van der Waals surface area contributed by atoms with E-state index in [9.17, 15) is 14.4 Å². The zero-order chi connectivity index (χ0) is 16.9. The second-order valence-electron chi connectivity index (χ2n) is 5.54. The lowest BCUT2D eigenvalue weighted by Gasteiger charge is -2.36. The number of carbonyl (C=O) groups excluding carboxylic acids is 1. The van der Waals surface area contributed by atoms with Crippen LogP contribution < -0.4 is 10.2 Å². The Morgan fingerprint density at radius 2 is 1.83 bits per heavy atom. The number of para-hydroxylation sites is 1. The van der Waals surface area contributed by atoms with Crippen molar-refractivity contribution in [1.82, 2.24) is 4.90 Å². The van der Waals surface area contributed by atoms with E-state index in [1.165, 1.54) is 12.1 Å². The number of nitrogens with zero attached hydrogens (tertiary/aromatic N) is 3. The van der Waals surface area contributed by atoms with Gasteiger partial charge in [0.1, 0.15) is 11.9 Å². The molecule has 0 saturated carbocycles. The fourth-order valence-corrected chi connectivity index (χ4v) is 2.76. The van der Waals surface area contributed by atoms with Crippen LogP contribution in [0.5, 0.6) is 0 Å². The number of benzene rings is 2. The highest BCUT2D eigenvalue weighted by atomic mass is 19.1. The summed E-state index contributed by atoms with van der Waals surface area (Å²) >= 11 is 0. The SMILES string of the molecule is N#Cc1ccccc1N1CCN(C(=O)Nc2cccc(F)c2)CC1. The van der Waals surface area contributed by atoms with Crippen LogP contribution in [0.15, 0.2) is 48.5 Å². The van der Waals surface area contributed by atoms with Crippen LogP contribution in [0.3, 0.4) is 0 Å². The summed E-state index contributed by atoms with van der Waals surface area (Å²) in [6, 6.07) is 15.2. The van der Waals surface area contributed by atoms with Gasteiger partial charge in [-0.2, -0.15) is 5.26 Å². The Kier molecular flexibility index (Phi) is 4.62. The minimum Gasteiger partial charge on any atom is -0.367 e. The number of rotatable bonds is 2. The Balaban J connectivity index is 1.61. The topological polar surface area (TPSA) is 59.4 Å². The molecule has 1 aliphatic rings. The summed E-state index contributed by atoms with van der Waals surface area (Å²) in [6.07, 6.45) is 0. The van der Waals surface area contributed by atoms with E-state index in [4.69, 9.17) is 0 Å². The van der Waals surface area contributed by atoms with E-state index in [1.807, 2.05) is 18.2 Å². The van der Waals surface area contributed by atoms with Gasteiger partial charge in [0.05, 0.1) is 11.3 Å². The number of carbonyl (C=O) groups is 1. The highest BCUT2D eigenvalue weighted by Crippen LogP contribution is 2.21. The van der Waals surface area contributed by atoms with Crippen LogP contribution in [0, 0.1) is 17.1 Å². The molecule has 1 fully saturated rings. The lowest BCUT2D eigenvalue weighted by Crippen LogP contribution is -2.50. The average Bonchev–Trinajstić information content (AvgIpc) is 2.62. The van der Waals surface area contributed by atoms with Crippen LogP contribution >= 0.6 is 0 Å². The minimum atomic E-state index is -0.384. The van der Waals surface area contributed by atoms with E-state index >= 15 is 0 Å². The maximum absolute atomic E-state index is 13.2. The monoisotopic (exact) mass is 324 g/mol. The lowest BCUT2D eigenvalue weighted by atomic mass is 10.1. The molecule has 5 nitrogen and oxygen atoms in total. The average molecular weight is 324 g/mol. The number of nitriles is 1. The van der Waals surface area contributed by atoms with Crippen molar-refractivity contribution in [2.75, 3.05) is 36.4 Å². The Labute approximate surface area is 139 Å². The van der Waals surface area contributed by atoms with Crippen LogP contribution in [-0.4, -0.2) is 37.1 Å². The van der Waals surface area contributed by atoms with Crippen molar-refractivity contribution in [2.45, 2.75) is 0 Å². The lowest BCUT2D eigenvalue weighted by molar-refractivity contribution is 0.208. The van der Waals surface area contributed by atoms with Crippen LogP contribution in [0.25, 0.3) is 0 Å². The zero-order valence-corrected chi connectivity index (χ0v) is 13.1. The second-order valence-corrected chi connectivity index (χ2v) is 5.54. The van der Waals surface area contributed by atoms with Gasteiger partial charge in [-0.1, -0.05) is 18.2 Å². The first kappa shape index (κ1) is 15.8. The highest BCUT2D eigenvalue weighted by molar-refractivity contribution is 5.89. The Morgan fingerprint density at radius 1 is 1.08 bits per heavy atom. The minimum absolute atomic E-state index is 0.242. The van der Waals surface area contributed by atoms with Crippen LogP contribution in [-0.2, 0) is 0 Å². The second kappa shape index (κ2) is 7.01. The summed E-state index contributed by atoms with van der Waals surface area (Å²) in [5.41, 5.74) is 1.97. The quantitative estimate of drug-likeness (QED) is 0.923. The van der Waals surface area contributed by atoms with Gasteiger partial charge in [-0.3, -0.25) is 0 Å². The molecule has 3 rings (SSSR count). The molecule has 0 aromatic heterocycles. The van der Waals surface area contributed by atoms with E-state index in [0.29, 0.717) is 37.4 Å². The van der Waals surface area contributed by atoms with E-state index < -0.39 is 0 Å². The summed E-state index contributed by atoms with van der Waals surface area (Å²) in [5.74, 6) is -0.384. The van der Waals surface area contributed by atoms with Crippen LogP contribution in [0.4, 0.5) is 20.6 Å². The first-order valence-corrected chi connectivity index (χ1v) is 7.73. The summed E-state index contributed by atoms with van der Waals surface area (Å²) in [6.45, 7) is 2.38. The van der Waals surface area contributed by atoms with Gasteiger partial charge in [-0.15, -0.1) is 0 Å². The zero-order valence-electron chi connectivity index (χ0n) is 13.1.